The Labute approximate surface area is 116 Å². The zero-order valence-corrected chi connectivity index (χ0v) is 11.6. The van der Waals surface area contributed by atoms with Gasteiger partial charge in [0.15, 0.2) is 0 Å². The van der Waals surface area contributed by atoms with E-state index in [-0.39, 0.29) is 6.42 Å². The molecule has 0 bridgehead atoms. The molecule has 1 heterocycles. The second-order valence-electron chi connectivity index (χ2n) is 4.26. The molecule has 20 heavy (non-hydrogen) atoms. The van der Waals surface area contributed by atoms with Crippen molar-refractivity contribution in [2.45, 2.75) is 13.3 Å². The Morgan fingerprint density at radius 3 is 2.70 bits per heavy atom. The van der Waals surface area contributed by atoms with Gasteiger partial charge >= 0.3 is 5.97 Å². The number of carboxylic acid groups (broad SMARTS) is 1. The molecular weight excluding hydrogens is 260 g/mol. The Morgan fingerprint density at radius 2 is 2.10 bits per heavy atom. The number of ether oxygens (including phenoxy) is 2. The summed E-state index contributed by atoms with van der Waals surface area (Å²) in [5, 5.41) is 13.3. The van der Waals surface area contributed by atoms with Crippen LogP contribution < -0.4 is 9.47 Å². The first-order chi connectivity index (χ1) is 9.56. The van der Waals surface area contributed by atoms with E-state index < -0.39 is 5.97 Å². The molecule has 2 rings (SSSR count). The maximum absolute atomic E-state index is 10.9. The van der Waals surface area contributed by atoms with Gasteiger partial charge in [-0.2, -0.15) is 5.10 Å². The molecule has 0 atom stereocenters. The Morgan fingerprint density at radius 1 is 1.35 bits per heavy atom. The smallest absolute Gasteiger partial charge is 0.308 e. The number of hydrogen-bond acceptors (Lipinski definition) is 4. The first-order valence-corrected chi connectivity index (χ1v) is 6.05. The van der Waals surface area contributed by atoms with Crippen molar-refractivity contribution in [2.75, 3.05) is 14.2 Å². The highest BCUT2D eigenvalue weighted by molar-refractivity contribution is 5.71. The molecule has 6 heteroatoms. The fourth-order valence-electron chi connectivity index (χ4n) is 2.02. The number of hydrogen-bond donors (Lipinski definition) is 1. The average molecular weight is 276 g/mol. The van der Waals surface area contributed by atoms with Gasteiger partial charge in [-0.15, -0.1) is 0 Å². The third-order valence-electron chi connectivity index (χ3n) is 2.96. The second-order valence-corrected chi connectivity index (χ2v) is 4.26. The minimum Gasteiger partial charge on any atom is -0.497 e. The molecular formula is C14H16N2O4. The lowest BCUT2D eigenvalue weighted by molar-refractivity contribution is -0.136. The average Bonchev–Trinajstić information content (AvgIpc) is 2.75. The normalized spacial score (nSPS) is 10.3. The molecule has 0 aliphatic carbocycles. The number of carbonyl (C=O) groups is 1. The number of aryl methyl sites for hydroxylation is 1. The van der Waals surface area contributed by atoms with E-state index in [0.29, 0.717) is 22.9 Å². The van der Waals surface area contributed by atoms with Gasteiger partial charge in [-0.3, -0.25) is 4.79 Å². The maximum Gasteiger partial charge on any atom is 0.308 e. The molecule has 0 saturated carbocycles. The Bertz CT molecular complexity index is 634. The molecule has 2 aromatic rings. The number of benzene rings is 1. The van der Waals surface area contributed by atoms with Crippen LogP contribution in [0.3, 0.4) is 0 Å². The van der Waals surface area contributed by atoms with E-state index >= 15 is 0 Å². The minimum atomic E-state index is -0.920. The van der Waals surface area contributed by atoms with Crippen molar-refractivity contribution in [1.29, 1.82) is 0 Å². The number of rotatable bonds is 5. The minimum absolute atomic E-state index is 0.126. The van der Waals surface area contributed by atoms with Crippen molar-refractivity contribution in [3.8, 4) is 17.3 Å². The topological polar surface area (TPSA) is 73.6 Å². The van der Waals surface area contributed by atoms with E-state index in [0.717, 1.165) is 5.69 Å². The van der Waals surface area contributed by atoms with E-state index in [9.17, 15) is 4.79 Å². The van der Waals surface area contributed by atoms with Crippen LogP contribution in [0.15, 0.2) is 24.3 Å². The number of methoxy groups -OCH3 is 2. The standard InChI is InChI=1S/C14H16N2O4/c1-9-12(8-13(17)18)14(20-3)16(15-9)10-5-4-6-11(7-10)19-2/h4-7H,8H2,1-3H3,(H,17,18). The fourth-order valence-corrected chi connectivity index (χ4v) is 2.02. The first-order valence-electron chi connectivity index (χ1n) is 6.05. The fraction of sp³-hybridized carbons (Fsp3) is 0.286. The number of carboxylic acids is 1. The second kappa shape index (κ2) is 5.64. The van der Waals surface area contributed by atoms with Crippen LogP contribution in [0.25, 0.3) is 5.69 Å². The highest BCUT2D eigenvalue weighted by Crippen LogP contribution is 2.27. The molecule has 0 fully saturated rings. The van der Waals surface area contributed by atoms with Gasteiger partial charge in [0.2, 0.25) is 5.88 Å². The number of aromatic nitrogens is 2. The highest BCUT2D eigenvalue weighted by Gasteiger charge is 2.19. The van der Waals surface area contributed by atoms with Gasteiger partial charge in [-0.25, -0.2) is 4.68 Å². The van der Waals surface area contributed by atoms with Gasteiger partial charge in [0.25, 0.3) is 0 Å². The molecule has 0 saturated heterocycles. The van der Waals surface area contributed by atoms with Gasteiger partial charge < -0.3 is 14.6 Å². The van der Waals surface area contributed by atoms with Crippen LogP contribution in [0.4, 0.5) is 0 Å². The number of nitrogens with zero attached hydrogens (tertiary/aromatic N) is 2. The monoisotopic (exact) mass is 276 g/mol. The molecule has 0 unspecified atom stereocenters. The molecule has 6 nitrogen and oxygen atoms in total. The largest absolute Gasteiger partial charge is 0.497 e. The Kier molecular flexibility index (Phi) is 3.93. The molecule has 0 aliphatic rings. The summed E-state index contributed by atoms with van der Waals surface area (Å²) in [4.78, 5) is 10.9. The van der Waals surface area contributed by atoms with E-state index in [1.807, 2.05) is 18.2 Å². The third-order valence-corrected chi connectivity index (χ3v) is 2.96. The van der Waals surface area contributed by atoms with Crippen molar-refractivity contribution in [3.63, 3.8) is 0 Å². The lowest BCUT2D eigenvalue weighted by atomic mass is 10.2. The highest BCUT2D eigenvalue weighted by atomic mass is 16.5. The molecule has 0 aliphatic heterocycles. The van der Waals surface area contributed by atoms with Crippen LogP contribution in [0.2, 0.25) is 0 Å². The van der Waals surface area contributed by atoms with Crippen LogP contribution >= 0.6 is 0 Å². The molecule has 1 aromatic carbocycles. The first kappa shape index (κ1) is 13.9. The SMILES string of the molecule is COc1cccc(-n2nc(C)c(CC(=O)O)c2OC)c1. The molecule has 0 radical (unpaired) electrons. The van der Waals surface area contributed by atoms with Crippen molar-refractivity contribution >= 4 is 5.97 Å². The molecule has 1 N–H and O–H groups in total. The van der Waals surface area contributed by atoms with Crippen molar-refractivity contribution < 1.29 is 19.4 Å². The van der Waals surface area contributed by atoms with Crippen LogP contribution in [-0.4, -0.2) is 35.1 Å². The van der Waals surface area contributed by atoms with Gasteiger partial charge in [0.1, 0.15) is 5.75 Å². The van der Waals surface area contributed by atoms with Crippen molar-refractivity contribution in [2.24, 2.45) is 0 Å². The molecule has 0 spiro atoms. The van der Waals surface area contributed by atoms with Gasteiger partial charge in [-0.1, -0.05) is 6.07 Å². The lowest BCUT2D eigenvalue weighted by Crippen LogP contribution is -2.04. The summed E-state index contributed by atoms with van der Waals surface area (Å²) in [6.07, 6.45) is -0.126. The van der Waals surface area contributed by atoms with Gasteiger partial charge in [0.05, 0.1) is 32.0 Å². The molecule has 106 valence electrons. The maximum atomic E-state index is 10.9. The Hall–Kier alpha value is -2.50. The summed E-state index contributed by atoms with van der Waals surface area (Å²) in [7, 11) is 3.08. The number of aliphatic carboxylic acids is 1. The summed E-state index contributed by atoms with van der Waals surface area (Å²) >= 11 is 0. The van der Waals surface area contributed by atoms with Crippen molar-refractivity contribution in [1.82, 2.24) is 9.78 Å². The summed E-state index contributed by atoms with van der Waals surface area (Å²) in [5.74, 6) is 0.201. The predicted molar refractivity (Wildman–Crippen MR) is 72.7 cm³/mol. The van der Waals surface area contributed by atoms with Crippen LogP contribution in [0.1, 0.15) is 11.3 Å². The van der Waals surface area contributed by atoms with E-state index in [4.69, 9.17) is 14.6 Å². The molecule has 0 amide bonds. The molecule has 1 aromatic heterocycles. The van der Waals surface area contributed by atoms with Crippen LogP contribution in [0, 0.1) is 6.92 Å². The zero-order valence-electron chi connectivity index (χ0n) is 11.6. The van der Waals surface area contributed by atoms with Crippen LogP contribution in [-0.2, 0) is 11.2 Å². The quantitative estimate of drug-likeness (QED) is 0.901. The van der Waals surface area contributed by atoms with E-state index in [1.54, 1.807) is 24.8 Å². The Balaban J connectivity index is 2.53. The predicted octanol–water partition coefficient (Wildman–Crippen LogP) is 1.83. The summed E-state index contributed by atoms with van der Waals surface area (Å²) in [5.41, 5.74) is 1.95. The van der Waals surface area contributed by atoms with Gasteiger partial charge in [-0.05, 0) is 19.1 Å². The lowest BCUT2D eigenvalue weighted by Gasteiger charge is -2.08. The summed E-state index contributed by atoms with van der Waals surface area (Å²) < 4.78 is 12.1. The third kappa shape index (κ3) is 2.59. The summed E-state index contributed by atoms with van der Waals surface area (Å²) in [6, 6.07) is 7.31. The van der Waals surface area contributed by atoms with E-state index in [2.05, 4.69) is 5.10 Å². The van der Waals surface area contributed by atoms with Crippen molar-refractivity contribution in [3.05, 3.63) is 35.5 Å². The van der Waals surface area contributed by atoms with Crippen LogP contribution in [0.5, 0.6) is 11.6 Å². The summed E-state index contributed by atoms with van der Waals surface area (Å²) in [6.45, 7) is 1.76. The zero-order chi connectivity index (χ0) is 14.7. The van der Waals surface area contributed by atoms with E-state index in [1.165, 1.54) is 7.11 Å². The van der Waals surface area contributed by atoms with Gasteiger partial charge in [0, 0.05) is 11.6 Å².